The van der Waals surface area contributed by atoms with Crippen LogP contribution >= 0.6 is 0 Å². The van der Waals surface area contributed by atoms with Crippen LogP contribution in [0.1, 0.15) is 96.0 Å². The number of ether oxygens (including phenoxy) is 1. The first-order valence-electron chi connectivity index (χ1n) is 16.8. The maximum atomic E-state index is 13.3. The molecule has 268 valence electrons. The van der Waals surface area contributed by atoms with E-state index in [0.29, 0.717) is 42.7 Å². The molecule has 0 aromatic heterocycles. The number of amides is 1. The molecule has 3 atom stereocenters. The number of aliphatic carboxylic acids is 3. The van der Waals surface area contributed by atoms with Gasteiger partial charge in [0.2, 0.25) is 5.91 Å². The van der Waals surface area contributed by atoms with E-state index in [4.69, 9.17) is 4.74 Å². The molecule has 0 bridgehead atoms. The van der Waals surface area contributed by atoms with Crippen molar-refractivity contribution in [3.05, 3.63) is 72.1 Å². The van der Waals surface area contributed by atoms with E-state index in [0.717, 1.165) is 51.0 Å². The molecule has 0 aliphatic heterocycles. The highest BCUT2D eigenvalue weighted by Gasteiger charge is 2.49. The van der Waals surface area contributed by atoms with Crippen LogP contribution in [0, 0.1) is 11.7 Å². The number of carboxylic acid groups (broad SMARTS) is 3. The van der Waals surface area contributed by atoms with Crippen LogP contribution in [0.5, 0.6) is 11.5 Å². The molecule has 0 saturated carbocycles. The molecule has 0 fully saturated rings. The molecule has 2 aromatic rings. The molecule has 2 rings (SSSR count). The number of aliphatic hydroxyl groups is 1. The molecule has 0 aliphatic rings. The summed E-state index contributed by atoms with van der Waals surface area (Å²) < 4.78 is 18.8. The second-order valence-corrected chi connectivity index (χ2v) is 12.2. The number of nitrogens with one attached hydrogen (secondary N) is 1. The van der Waals surface area contributed by atoms with Crippen LogP contribution in [0.15, 0.2) is 60.7 Å². The number of carbonyl (C=O) groups is 5. The average Bonchev–Trinajstić information content (AvgIpc) is 3.04. The smallest absolute Gasteiger partial charge is 0.337 e. The fourth-order valence-electron chi connectivity index (χ4n) is 5.26. The highest BCUT2D eigenvalue weighted by molar-refractivity contribution is 5.94. The fraction of sp³-hybridized carbons (Fsp3) is 0.486. The molecule has 49 heavy (non-hydrogen) atoms. The van der Waals surface area contributed by atoms with Crippen LogP contribution in [0.2, 0.25) is 0 Å². The van der Waals surface area contributed by atoms with Crippen LogP contribution in [0.3, 0.4) is 0 Å². The van der Waals surface area contributed by atoms with E-state index in [1.54, 1.807) is 24.3 Å². The van der Waals surface area contributed by atoms with Gasteiger partial charge in [-0.05, 0) is 67.6 Å². The number of hydrogen-bond acceptors (Lipinski definition) is 7. The van der Waals surface area contributed by atoms with Crippen LogP contribution < -0.4 is 10.1 Å². The number of Topliss-reactive ketones (excluding diaryl/α,β-unsaturated/α-hetero) is 1. The molecule has 12 heteroatoms. The summed E-state index contributed by atoms with van der Waals surface area (Å²) in [6.07, 6.45) is 11.0. The second-order valence-electron chi connectivity index (χ2n) is 12.2. The zero-order valence-corrected chi connectivity index (χ0v) is 27.9. The Kier molecular flexibility index (Phi) is 17.7. The molecular formula is C37H48FNO10. The van der Waals surface area contributed by atoms with Crippen molar-refractivity contribution in [3.8, 4) is 11.5 Å². The lowest BCUT2D eigenvalue weighted by Crippen LogP contribution is -2.55. The van der Waals surface area contributed by atoms with E-state index in [9.17, 15) is 48.8 Å². The van der Waals surface area contributed by atoms with E-state index in [1.165, 1.54) is 36.8 Å². The molecule has 0 heterocycles. The number of unbranched alkanes of at least 4 members (excludes halogenated alkanes) is 8. The normalized spacial score (nSPS) is 13.7. The van der Waals surface area contributed by atoms with Crippen molar-refractivity contribution in [3.63, 3.8) is 0 Å². The summed E-state index contributed by atoms with van der Waals surface area (Å²) in [5, 5.41) is 42.1. The number of benzene rings is 2. The predicted molar refractivity (Wildman–Crippen MR) is 180 cm³/mol. The zero-order valence-electron chi connectivity index (χ0n) is 27.9. The van der Waals surface area contributed by atoms with Gasteiger partial charge in [-0.15, -0.1) is 0 Å². The van der Waals surface area contributed by atoms with Gasteiger partial charge in [0, 0.05) is 19.3 Å². The number of allylic oxidation sites excluding steroid dienone is 1. The minimum absolute atomic E-state index is 0.222. The summed E-state index contributed by atoms with van der Waals surface area (Å²) >= 11 is 0. The second kappa shape index (κ2) is 21.4. The molecule has 0 saturated heterocycles. The Morgan fingerprint density at radius 1 is 0.816 bits per heavy atom. The maximum absolute atomic E-state index is 13.3. The van der Waals surface area contributed by atoms with Crippen LogP contribution in [0.25, 0.3) is 0 Å². The third kappa shape index (κ3) is 15.0. The number of halogens is 1. The van der Waals surface area contributed by atoms with E-state index < -0.39 is 53.6 Å². The quantitative estimate of drug-likeness (QED) is 0.0573. The minimum atomic E-state index is -3.05. The Morgan fingerprint density at radius 2 is 1.37 bits per heavy atom. The average molecular weight is 686 g/mol. The first-order chi connectivity index (χ1) is 23.3. The lowest BCUT2D eigenvalue weighted by atomic mass is 9.82. The SMILES string of the molecule is CCCCCCCC(=O)CCCCCC/C=C/[C@@H](C(=O)N[C@@H](Cc1ccc(Oc2ccc(F)cc2)cc1)C(=O)O)[C@@](O)(CC(=O)O)C(=O)O. The van der Waals surface area contributed by atoms with Gasteiger partial charge < -0.3 is 30.5 Å². The highest BCUT2D eigenvalue weighted by Crippen LogP contribution is 2.26. The van der Waals surface area contributed by atoms with Gasteiger partial charge in [0.25, 0.3) is 0 Å². The largest absolute Gasteiger partial charge is 0.481 e. The van der Waals surface area contributed by atoms with E-state index >= 15 is 0 Å². The summed E-state index contributed by atoms with van der Waals surface area (Å²) in [7, 11) is 0. The first-order valence-corrected chi connectivity index (χ1v) is 16.8. The van der Waals surface area contributed by atoms with Crippen molar-refractivity contribution in [2.45, 2.75) is 108 Å². The van der Waals surface area contributed by atoms with E-state index in [1.807, 2.05) is 0 Å². The molecule has 1 amide bonds. The fourth-order valence-corrected chi connectivity index (χ4v) is 5.26. The monoisotopic (exact) mass is 685 g/mol. The summed E-state index contributed by atoms with van der Waals surface area (Å²) in [6, 6.07) is 10.0. The van der Waals surface area contributed by atoms with Crippen molar-refractivity contribution in [1.29, 1.82) is 0 Å². The number of hydrogen-bond donors (Lipinski definition) is 5. The molecule has 5 N–H and O–H groups in total. The molecule has 0 aliphatic carbocycles. The summed E-state index contributed by atoms with van der Waals surface area (Å²) in [4.78, 5) is 61.0. The predicted octanol–water partition coefficient (Wildman–Crippen LogP) is 6.46. The van der Waals surface area contributed by atoms with Crippen molar-refractivity contribution in [2.24, 2.45) is 5.92 Å². The van der Waals surface area contributed by atoms with Gasteiger partial charge in [0.15, 0.2) is 5.60 Å². The highest BCUT2D eigenvalue weighted by atomic mass is 19.1. The van der Waals surface area contributed by atoms with Gasteiger partial charge in [0.05, 0.1) is 12.3 Å². The molecule has 0 radical (unpaired) electrons. The zero-order chi connectivity index (χ0) is 36.2. The Balaban J connectivity index is 2.01. The van der Waals surface area contributed by atoms with Crippen molar-refractivity contribution in [1.82, 2.24) is 5.32 Å². The number of carboxylic acids is 3. The molecule has 0 spiro atoms. The number of rotatable bonds is 25. The Hall–Kier alpha value is -4.58. The van der Waals surface area contributed by atoms with E-state index in [-0.39, 0.29) is 12.2 Å². The van der Waals surface area contributed by atoms with Crippen LogP contribution in [-0.4, -0.2) is 61.7 Å². The third-order valence-corrected chi connectivity index (χ3v) is 8.08. The summed E-state index contributed by atoms with van der Waals surface area (Å²) in [5.74, 6) is -7.53. The summed E-state index contributed by atoms with van der Waals surface area (Å²) in [5.41, 5.74) is -2.58. The van der Waals surface area contributed by atoms with Crippen molar-refractivity contribution >= 4 is 29.6 Å². The number of carbonyl (C=O) groups excluding carboxylic acids is 2. The first kappa shape index (κ1) is 40.6. The Bertz CT molecular complexity index is 1390. The number of ketones is 1. The molecular weight excluding hydrogens is 637 g/mol. The van der Waals surface area contributed by atoms with E-state index in [2.05, 4.69) is 12.2 Å². The summed E-state index contributed by atoms with van der Waals surface area (Å²) in [6.45, 7) is 2.14. The van der Waals surface area contributed by atoms with Gasteiger partial charge in [-0.2, -0.15) is 0 Å². The lowest BCUT2D eigenvalue weighted by Gasteiger charge is -2.29. The molecule has 0 unspecified atom stereocenters. The topological polar surface area (TPSA) is 188 Å². The van der Waals surface area contributed by atoms with Gasteiger partial charge in [0.1, 0.15) is 29.1 Å². The molecule has 11 nitrogen and oxygen atoms in total. The molecule has 2 aromatic carbocycles. The lowest BCUT2D eigenvalue weighted by molar-refractivity contribution is -0.172. The van der Waals surface area contributed by atoms with Gasteiger partial charge in [-0.25, -0.2) is 14.0 Å². The standard InChI is InChI=1S/C37H48FNO10/c1-2-3-4-7-10-13-28(40)14-11-8-5-6-9-12-15-31(37(48,36(46)47)25-33(41)42)34(43)39-32(35(44)45)24-26-16-20-29(21-17-26)49-30-22-18-27(38)19-23-30/h12,15-23,31-32,48H,2-11,13-14,24-25H2,1H3,(H,39,43)(H,41,42)(H,44,45)(H,46,47)/b15-12+/t31-,32-,37-/m0/s1. The van der Waals surface area contributed by atoms with Crippen molar-refractivity contribution in [2.75, 3.05) is 0 Å². The Labute approximate surface area is 286 Å². The van der Waals surface area contributed by atoms with Crippen LogP contribution in [0.4, 0.5) is 4.39 Å². The van der Waals surface area contributed by atoms with Gasteiger partial charge in [-0.3, -0.25) is 14.4 Å². The Morgan fingerprint density at radius 3 is 1.90 bits per heavy atom. The maximum Gasteiger partial charge on any atom is 0.337 e. The van der Waals surface area contributed by atoms with Gasteiger partial charge >= 0.3 is 17.9 Å². The van der Waals surface area contributed by atoms with Crippen LogP contribution in [-0.2, 0) is 30.4 Å². The van der Waals surface area contributed by atoms with Crippen molar-refractivity contribution < 1.29 is 53.5 Å². The third-order valence-electron chi connectivity index (χ3n) is 8.08. The minimum Gasteiger partial charge on any atom is -0.481 e. The van der Waals surface area contributed by atoms with Gasteiger partial charge in [-0.1, -0.05) is 69.7 Å².